The maximum atomic E-state index is 12.7. The number of ether oxygens (including phenoxy) is 1. The zero-order chi connectivity index (χ0) is 12.4. The van der Waals surface area contributed by atoms with Crippen LogP contribution in [0.15, 0.2) is 0 Å². The molecule has 0 aromatic carbocycles. The number of rotatable bonds is 3. The molecule has 0 aliphatic carbocycles. The normalized spacial score (nSPS) is 26.9. The molecule has 1 saturated heterocycles. The number of carbonyl (C=O) groups is 1. The highest BCUT2D eigenvalue weighted by molar-refractivity contribution is 5.84. The topological polar surface area (TPSA) is 38.3 Å². The van der Waals surface area contributed by atoms with Gasteiger partial charge in [-0.2, -0.15) is 8.78 Å². The maximum absolute atomic E-state index is 12.7. The fraction of sp³-hybridized carbons (Fsp3) is 0.889. The minimum absolute atomic E-state index is 0.0536. The van der Waals surface area contributed by atoms with Gasteiger partial charge in [0.25, 0.3) is 5.91 Å². The Morgan fingerprint density at radius 3 is 2.56 bits per heavy atom. The molecule has 0 saturated carbocycles. The van der Waals surface area contributed by atoms with Crippen molar-refractivity contribution in [3.8, 4) is 0 Å². The van der Waals surface area contributed by atoms with Crippen molar-refractivity contribution in [3.05, 3.63) is 0 Å². The molecule has 1 amide bonds. The molecule has 1 heterocycles. The highest BCUT2D eigenvalue weighted by atomic mass is 19.3. The Balaban J connectivity index is 2.62. The first-order valence-corrected chi connectivity index (χ1v) is 4.84. The fourth-order valence-electron chi connectivity index (χ4n) is 1.49. The summed E-state index contributed by atoms with van der Waals surface area (Å²) in [4.78, 5) is 11.0. The van der Waals surface area contributed by atoms with Crippen LogP contribution < -0.4 is 5.32 Å². The third-order valence-electron chi connectivity index (χ3n) is 2.43. The van der Waals surface area contributed by atoms with E-state index < -0.39 is 23.8 Å². The van der Waals surface area contributed by atoms with Crippen molar-refractivity contribution in [2.24, 2.45) is 0 Å². The Kier molecular flexibility index (Phi) is 3.77. The van der Waals surface area contributed by atoms with Crippen molar-refractivity contribution in [2.75, 3.05) is 13.2 Å². The van der Waals surface area contributed by atoms with Crippen LogP contribution in [-0.2, 0) is 9.53 Å². The van der Waals surface area contributed by atoms with Gasteiger partial charge in [-0.05, 0) is 19.8 Å². The largest absolute Gasteiger partial charge is 0.383 e. The molecule has 1 unspecified atom stereocenters. The molecule has 1 fully saturated rings. The van der Waals surface area contributed by atoms with Crippen LogP contribution in [0.25, 0.3) is 0 Å². The highest BCUT2D eigenvalue weighted by Gasteiger charge is 2.50. The van der Waals surface area contributed by atoms with Gasteiger partial charge < -0.3 is 10.1 Å². The van der Waals surface area contributed by atoms with Gasteiger partial charge in [0.2, 0.25) is 0 Å². The molecule has 1 atom stereocenters. The minimum Gasteiger partial charge on any atom is -0.379 e. The summed E-state index contributed by atoms with van der Waals surface area (Å²) >= 11 is 0. The first kappa shape index (κ1) is 13.2. The lowest BCUT2D eigenvalue weighted by Crippen LogP contribution is -2.57. The van der Waals surface area contributed by atoms with Gasteiger partial charge in [0, 0.05) is 6.61 Å². The summed E-state index contributed by atoms with van der Waals surface area (Å²) in [5.74, 6) is -6.60. The van der Waals surface area contributed by atoms with Crippen molar-refractivity contribution < 1.29 is 27.1 Å². The Bertz CT molecular complexity index is 264. The standard InChI is InChI=1S/C9H13F4NO2/c1-8(3-2-4-16-5-8)14-7(15)9(12,13)6(10)11/h6H,2-5H2,1H3,(H,14,15). The molecule has 0 bridgehead atoms. The molecular weight excluding hydrogens is 230 g/mol. The van der Waals surface area contributed by atoms with E-state index in [1.807, 2.05) is 5.32 Å². The van der Waals surface area contributed by atoms with Crippen LogP contribution in [-0.4, -0.2) is 37.0 Å². The van der Waals surface area contributed by atoms with E-state index in [0.29, 0.717) is 19.4 Å². The van der Waals surface area contributed by atoms with E-state index in [2.05, 4.69) is 0 Å². The summed E-state index contributed by atoms with van der Waals surface area (Å²) in [6.07, 6.45) is -2.98. The van der Waals surface area contributed by atoms with Crippen LogP contribution in [0.5, 0.6) is 0 Å². The summed E-state index contributed by atoms with van der Waals surface area (Å²) in [6, 6.07) is 0. The molecule has 1 aliphatic heterocycles. The lowest BCUT2D eigenvalue weighted by Gasteiger charge is -2.35. The van der Waals surface area contributed by atoms with Crippen molar-refractivity contribution in [3.63, 3.8) is 0 Å². The molecule has 1 N–H and O–H groups in total. The van der Waals surface area contributed by atoms with E-state index in [4.69, 9.17) is 4.74 Å². The molecular formula is C9H13F4NO2. The van der Waals surface area contributed by atoms with Gasteiger partial charge in [0.05, 0.1) is 12.1 Å². The lowest BCUT2D eigenvalue weighted by molar-refractivity contribution is -0.172. The molecule has 7 heteroatoms. The van der Waals surface area contributed by atoms with Gasteiger partial charge in [-0.1, -0.05) is 0 Å². The first-order valence-electron chi connectivity index (χ1n) is 4.84. The zero-order valence-electron chi connectivity index (χ0n) is 8.73. The van der Waals surface area contributed by atoms with Gasteiger partial charge in [0.1, 0.15) is 0 Å². The lowest BCUT2D eigenvalue weighted by atomic mass is 9.94. The number of nitrogens with one attached hydrogen (secondary N) is 1. The number of carbonyl (C=O) groups excluding carboxylic acids is 1. The monoisotopic (exact) mass is 243 g/mol. The number of alkyl halides is 4. The zero-order valence-corrected chi connectivity index (χ0v) is 8.73. The van der Waals surface area contributed by atoms with E-state index in [0.717, 1.165) is 0 Å². The van der Waals surface area contributed by atoms with Crippen molar-refractivity contribution in [2.45, 2.75) is 37.7 Å². The van der Waals surface area contributed by atoms with Crippen LogP contribution >= 0.6 is 0 Å². The fourth-order valence-corrected chi connectivity index (χ4v) is 1.49. The summed E-state index contributed by atoms with van der Waals surface area (Å²) < 4.78 is 54.1. The van der Waals surface area contributed by atoms with E-state index in [1.165, 1.54) is 6.92 Å². The Labute approximate surface area is 90.1 Å². The predicted molar refractivity (Wildman–Crippen MR) is 47.6 cm³/mol. The summed E-state index contributed by atoms with van der Waals surface area (Å²) in [5.41, 5.74) is -0.992. The highest BCUT2D eigenvalue weighted by Crippen LogP contribution is 2.26. The number of hydrogen-bond donors (Lipinski definition) is 1. The van der Waals surface area contributed by atoms with Gasteiger partial charge in [-0.3, -0.25) is 4.79 Å². The predicted octanol–water partition coefficient (Wildman–Crippen LogP) is 1.57. The molecule has 0 aromatic rings. The maximum Gasteiger partial charge on any atom is 0.383 e. The van der Waals surface area contributed by atoms with E-state index >= 15 is 0 Å². The molecule has 3 nitrogen and oxygen atoms in total. The van der Waals surface area contributed by atoms with Crippen LogP contribution in [0.2, 0.25) is 0 Å². The van der Waals surface area contributed by atoms with Gasteiger partial charge in [-0.25, -0.2) is 8.78 Å². The van der Waals surface area contributed by atoms with E-state index in [9.17, 15) is 22.4 Å². The number of hydrogen-bond acceptors (Lipinski definition) is 2. The second-order valence-electron chi connectivity index (χ2n) is 4.09. The van der Waals surface area contributed by atoms with Crippen LogP contribution in [0.4, 0.5) is 17.6 Å². The van der Waals surface area contributed by atoms with Gasteiger partial charge in [-0.15, -0.1) is 0 Å². The third kappa shape index (κ3) is 2.84. The molecule has 94 valence electrons. The quantitative estimate of drug-likeness (QED) is 0.764. The Hall–Kier alpha value is -0.850. The molecule has 0 spiro atoms. The Morgan fingerprint density at radius 1 is 1.50 bits per heavy atom. The van der Waals surface area contributed by atoms with Crippen molar-refractivity contribution >= 4 is 5.91 Å². The molecule has 0 aromatic heterocycles. The summed E-state index contributed by atoms with van der Waals surface area (Å²) in [5, 5.41) is 1.92. The van der Waals surface area contributed by atoms with Gasteiger partial charge >= 0.3 is 12.3 Å². The molecule has 1 aliphatic rings. The average molecular weight is 243 g/mol. The van der Waals surface area contributed by atoms with Crippen LogP contribution in [0.3, 0.4) is 0 Å². The molecule has 0 radical (unpaired) electrons. The molecule has 1 rings (SSSR count). The SMILES string of the molecule is CC1(NC(=O)C(F)(F)C(F)F)CCCOC1. The Morgan fingerprint density at radius 2 is 2.12 bits per heavy atom. The van der Waals surface area contributed by atoms with Crippen molar-refractivity contribution in [1.29, 1.82) is 0 Å². The van der Waals surface area contributed by atoms with Crippen LogP contribution in [0, 0.1) is 0 Å². The third-order valence-corrected chi connectivity index (χ3v) is 2.43. The van der Waals surface area contributed by atoms with Crippen LogP contribution in [0.1, 0.15) is 19.8 Å². The summed E-state index contributed by atoms with van der Waals surface area (Å²) in [7, 11) is 0. The molecule has 16 heavy (non-hydrogen) atoms. The van der Waals surface area contributed by atoms with E-state index in [-0.39, 0.29) is 6.61 Å². The van der Waals surface area contributed by atoms with Crippen molar-refractivity contribution in [1.82, 2.24) is 5.32 Å². The first-order chi connectivity index (χ1) is 7.28. The second kappa shape index (κ2) is 4.57. The minimum atomic E-state index is -4.65. The number of halogens is 4. The van der Waals surface area contributed by atoms with Gasteiger partial charge in [0.15, 0.2) is 0 Å². The smallest absolute Gasteiger partial charge is 0.379 e. The average Bonchev–Trinajstić information content (AvgIpc) is 2.17. The second-order valence-corrected chi connectivity index (χ2v) is 4.09. The summed E-state index contributed by atoms with van der Waals surface area (Å²) in [6.45, 7) is 2.03. The van der Waals surface area contributed by atoms with E-state index in [1.54, 1.807) is 0 Å². The number of amides is 1.